The van der Waals surface area contributed by atoms with Crippen LogP contribution in [-0.4, -0.2) is 5.91 Å². The van der Waals surface area contributed by atoms with Gasteiger partial charge in [0.2, 0.25) is 0 Å². The van der Waals surface area contributed by atoms with Crippen molar-refractivity contribution in [1.82, 2.24) is 0 Å². The van der Waals surface area contributed by atoms with Crippen molar-refractivity contribution in [3.63, 3.8) is 0 Å². The summed E-state index contributed by atoms with van der Waals surface area (Å²) in [5.74, 6) is 0.0279. The molecule has 1 aliphatic rings. The minimum Gasteiger partial charge on any atom is -0.321 e. The molecule has 0 radical (unpaired) electrons. The van der Waals surface area contributed by atoms with Crippen LogP contribution in [0.25, 0.3) is 5.57 Å². The lowest BCUT2D eigenvalue weighted by Gasteiger charge is -2.01. The van der Waals surface area contributed by atoms with Crippen LogP contribution in [0.4, 0.5) is 5.69 Å². The molecule has 0 atom stereocenters. The Balaban J connectivity index is 2.47. The summed E-state index contributed by atoms with van der Waals surface area (Å²) in [5, 5.41) is 2.90. The first-order valence-corrected chi connectivity index (χ1v) is 5.41. The molecule has 1 heterocycles. The predicted octanol–water partition coefficient (Wildman–Crippen LogP) is 2.99. The van der Waals surface area contributed by atoms with Crippen LogP contribution in [0, 0.1) is 0 Å². The lowest BCUT2D eigenvalue weighted by atomic mass is 10.0. The summed E-state index contributed by atoms with van der Waals surface area (Å²) >= 11 is 0. The van der Waals surface area contributed by atoms with E-state index in [0.717, 1.165) is 29.7 Å². The number of anilines is 1. The maximum Gasteiger partial charge on any atom is 0.256 e. The van der Waals surface area contributed by atoms with E-state index in [0.29, 0.717) is 0 Å². The highest BCUT2D eigenvalue weighted by Crippen LogP contribution is 2.32. The Morgan fingerprint density at radius 3 is 2.80 bits per heavy atom. The molecule has 0 fully saturated rings. The van der Waals surface area contributed by atoms with Gasteiger partial charge in [-0.3, -0.25) is 4.79 Å². The van der Waals surface area contributed by atoms with Gasteiger partial charge in [-0.05, 0) is 24.5 Å². The molecule has 2 heteroatoms. The highest BCUT2D eigenvalue weighted by molar-refractivity contribution is 6.31. The Morgan fingerprint density at radius 2 is 2.13 bits per heavy atom. The third-order valence-corrected chi connectivity index (χ3v) is 2.68. The van der Waals surface area contributed by atoms with Crippen molar-refractivity contribution in [3.05, 3.63) is 35.4 Å². The van der Waals surface area contributed by atoms with E-state index in [2.05, 4.69) is 24.4 Å². The van der Waals surface area contributed by atoms with Crippen LogP contribution in [0.1, 0.15) is 31.4 Å². The Labute approximate surface area is 90.0 Å². The number of carbonyl (C=O) groups is 1. The minimum absolute atomic E-state index is 0.0279. The second-order valence-corrected chi connectivity index (χ2v) is 3.71. The first-order chi connectivity index (χ1) is 7.26. The summed E-state index contributed by atoms with van der Waals surface area (Å²) in [7, 11) is 0. The molecule has 0 spiro atoms. The van der Waals surface area contributed by atoms with E-state index < -0.39 is 0 Å². The molecule has 1 N–H and O–H groups in total. The number of rotatable bonds is 2. The number of fused-ring (bicyclic) bond motifs is 1. The quantitative estimate of drug-likeness (QED) is 0.732. The van der Waals surface area contributed by atoms with E-state index in [1.54, 1.807) is 0 Å². The smallest absolute Gasteiger partial charge is 0.256 e. The maximum atomic E-state index is 11.6. The van der Waals surface area contributed by atoms with Gasteiger partial charge < -0.3 is 5.32 Å². The molecule has 0 aromatic heterocycles. The number of hydrogen-bond donors (Lipinski definition) is 1. The van der Waals surface area contributed by atoms with E-state index in [9.17, 15) is 4.79 Å². The van der Waals surface area contributed by atoms with Crippen molar-refractivity contribution < 1.29 is 4.79 Å². The molecule has 1 aliphatic heterocycles. The van der Waals surface area contributed by atoms with Gasteiger partial charge in [-0.15, -0.1) is 0 Å². The summed E-state index contributed by atoms with van der Waals surface area (Å²) in [5.41, 5.74) is 4.07. The first-order valence-electron chi connectivity index (χ1n) is 5.41. The number of hydrogen-bond acceptors (Lipinski definition) is 1. The van der Waals surface area contributed by atoms with Gasteiger partial charge in [-0.25, -0.2) is 0 Å². The van der Waals surface area contributed by atoms with Crippen LogP contribution in [0.15, 0.2) is 24.3 Å². The zero-order valence-corrected chi connectivity index (χ0v) is 9.13. The predicted molar refractivity (Wildman–Crippen MR) is 62.7 cm³/mol. The molecule has 0 aliphatic carbocycles. The molecule has 78 valence electrons. The number of amides is 1. The number of aryl methyl sites for hydroxylation is 1. The van der Waals surface area contributed by atoms with E-state index >= 15 is 0 Å². The molecule has 0 unspecified atom stereocenters. The fraction of sp³-hybridized carbons (Fsp3) is 0.308. The van der Waals surface area contributed by atoms with Crippen molar-refractivity contribution in [2.75, 3.05) is 5.32 Å². The Hall–Kier alpha value is -1.57. The summed E-state index contributed by atoms with van der Waals surface area (Å²) in [4.78, 5) is 11.6. The monoisotopic (exact) mass is 201 g/mol. The van der Waals surface area contributed by atoms with Crippen molar-refractivity contribution in [1.29, 1.82) is 0 Å². The lowest BCUT2D eigenvalue weighted by molar-refractivity contribution is -0.110. The van der Waals surface area contributed by atoms with Gasteiger partial charge in [0.05, 0.1) is 0 Å². The fourth-order valence-corrected chi connectivity index (χ4v) is 1.87. The molecular formula is C13H15NO. The van der Waals surface area contributed by atoms with Crippen molar-refractivity contribution in [3.8, 4) is 0 Å². The molecule has 0 saturated heterocycles. The highest BCUT2D eigenvalue weighted by atomic mass is 16.1. The van der Waals surface area contributed by atoms with Gasteiger partial charge in [0, 0.05) is 16.8 Å². The van der Waals surface area contributed by atoms with Crippen molar-refractivity contribution >= 4 is 17.2 Å². The largest absolute Gasteiger partial charge is 0.321 e. The van der Waals surface area contributed by atoms with Gasteiger partial charge in [0.1, 0.15) is 0 Å². The molecule has 1 aromatic rings. The van der Waals surface area contributed by atoms with Crippen LogP contribution in [0.2, 0.25) is 0 Å². The van der Waals surface area contributed by atoms with Gasteiger partial charge >= 0.3 is 0 Å². The second-order valence-electron chi connectivity index (χ2n) is 3.71. The van der Waals surface area contributed by atoms with E-state index in [1.807, 2.05) is 19.1 Å². The molecule has 2 rings (SSSR count). The summed E-state index contributed by atoms with van der Waals surface area (Å²) in [6.45, 7) is 4.15. The third-order valence-electron chi connectivity index (χ3n) is 2.68. The van der Waals surface area contributed by atoms with Crippen LogP contribution in [-0.2, 0) is 11.2 Å². The zero-order chi connectivity index (χ0) is 10.8. The standard InChI is InChI=1S/C13H15NO/c1-3-5-11-10-7-6-9(4-2)8-12(10)14-13(11)15/h5-8H,3-4H2,1-2H3,(H,14,15)/b11-5+. The molecular weight excluding hydrogens is 186 g/mol. The van der Waals surface area contributed by atoms with Gasteiger partial charge in [-0.1, -0.05) is 32.1 Å². The molecule has 1 aromatic carbocycles. The molecule has 0 bridgehead atoms. The summed E-state index contributed by atoms with van der Waals surface area (Å²) in [6.07, 6.45) is 3.86. The topological polar surface area (TPSA) is 29.1 Å². The number of allylic oxidation sites excluding steroid dienone is 1. The molecule has 15 heavy (non-hydrogen) atoms. The zero-order valence-electron chi connectivity index (χ0n) is 9.13. The Kier molecular flexibility index (Phi) is 2.58. The molecule has 1 amide bonds. The summed E-state index contributed by atoms with van der Waals surface area (Å²) < 4.78 is 0. The van der Waals surface area contributed by atoms with E-state index in [1.165, 1.54) is 5.56 Å². The number of benzene rings is 1. The van der Waals surface area contributed by atoms with Crippen LogP contribution in [0.5, 0.6) is 0 Å². The van der Waals surface area contributed by atoms with Crippen LogP contribution < -0.4 is 5.32 Å². The lowest BCUT2D eigenvalue weighted by Crippen LogP contribution is -2.03. The first kappa shape index (κ1) is 9.97. The average molecular weight is 201 g/mol. The normalized spacial score (nSPS) is 16.7. The third kappa shape index (κ3) is 1.67. The van der Waals surface area contributed by atoms with E-state index in [-0.39, 0.29) is 5.91 Å². The van der Waals surface area contributed by atoms with E-state index in [4.69, 9.17) is 0 Å². The van der Waals surface area contributed by atoms with Gasteiger partial charge in [0.15, 0.2) is 0 Å². The van der Waals surface area contributed by atoms with Gasteiger partial charge in [0.25, 0.3) is 5.91 Å². The van der Waals surface area contributed by atoms with Gasteiger partial charge in [-0.2, -0.15) is 0 Å². The second kappa shape index (κ2) is 3.89. The number of carbonyl (C=O) groups excluding carboxylic acids is 1. The number of nitrogens with one attached hydrogen (secondary N) is 1. The molecule has 0 saturated carbocycles. The van der Waals surface area contributed by atoms with Crippen LogP contribution in [0.3, 0.4) is 0 Å². The van der Waals surface area contributed by atoms with Crippen LogP contribution >= 0.6 is 0 Å². The average Bonchev–Trinajstić information content (AvgIpc) is 2.55. The fourth-order valence-electron chi connectivity index (χ4n) is 1.87. The maximum absolute atomic E-state index is 11.6. The van der Waals surface area contributed by atoms with Crippen molar-refractivity contribution in [2.45, 2.75) is 26.7 Å². The Morgan fingerprint density at radius 1 is 1.33 bits per heavy atom. The minimum atomic E-state index is 0.0279. The molecule has 2 nitrogen and oxygen atoms in total. The Bertz CT molecular complexity index is 432. The SMILES string of the molecule is CC/C=C1/C(=O)Nc2cc(CC)ccc21. The highest BCUT2D eigenvalue weighted by Gasteiger charge is 2.23. The summed E-state index contributed by atoms with van der Waals surface area (Å²) in [6, 6.07) is 6.18. The van der Waals surface area contributed by atoms with Crippen molar-refractivity contribution in [2.24, 2.45) is 0 Å².